The van der Waals surface area contributed by atoms with Crippen molar-refractivity contribution in [3.63, 3.8) is 0 Å². The lowest BCUT2D eigenvalue weighted by Gasteiger charge is -2.43. The van der Waals surface area contributed by atoms with Gasteiger partial charge in [-0.05, 0) is 62.7 Å². The lowest BCUT2D eigenvalue weighted by atomic mass is 10.2. The van der Waals surface area contributed by atoms with Crippen molar-refractivity contribution in [3.8, 4) is 0 Å². The van der Waals surface area contributed by atoms with Crippen LogP contribution in [0.25, 0.3) is 0 Å². The van der Waals surface area contributed by atoms with Crippen LogP contribution in [0, 0.1) is 0 Å². The maximum absolute atomic E-state index is 12.9. The fraction of sp³-hybridized carbons (Fsp3) is 0.250. The number of esters is 2. The lowest BCUT2D eigenvalue weighted by Crippen LogP contribution is -2.67. The smallest absolute Gasteiger partial charge is 0.342 e. The summed E-state index contributed by atoms with van der Waals surface area (Å²) in [6, 6.07) is 41.1. The maximum Gasteiger partial charge on any atom is 0.342 e. The van der Waals surface area contributed by atoms with Crippen LogP contribution in [0.5, 0.6) is 0 Å². The van der Waals surface area contributed by atoms with Crippen LogP contribution in [0.1, 0.15) is 62.3 Å². The number of rotatable bonds is 14. The molecule has 4 aromatic carbocycles. The molecule has 2 aromatic heterocycles. The third-order valence-electron chi connectivity index (χ3n) is 10.5. The van der Waals surface area contributed by atoms with Gasteiger partial charge in [0.2, 0.25) is 5.91 Å². The molecule has 1 amide bonds. The summed E-state index contributed by atoms with van der Waals surface area (Å²) in [5, 5.41) is 14.8. The van der Waals surface area contributed by atoms with Gasteiger partial charge in [0.05, 0.1) is 20.8 Å². The number of hydrogen-bond acceptors (Lipinski definition) is 10. The van der Waals surface area contributed by atoms with Crippen molar-refractivity contribution in [2.45, 2.75) is 51.6 Å². The number of carbonyl (C=O) groups is 3. The van der Waals surface area contributed by atoms with Gasteiger partial charge in [-0.15, -0.1) is 22.7 Å². The first-order valence-electron chi connectivity index (χ1n) is 20.2. The summed E-state index contributed by atoms with van der Waals surface area (Å²) in [6.07, 6.45) is 0. The zero-order valence-corrected chi connectivity index (χ0v) is 44.6. The highest BCUT2D eigenvalue weighted by Crippen LogP contribution is 2.39. The first-order chi connectivity index (χ1) is 30.4. The van der Waals surface area contributed by atoms with Gasteiger partial charge in [-0.25, -0.2) is 9.59 Å². The van der Waals surface area contributed by atoms with Crippen molar-refractivity contribution in [2.75, 3.05) is 38.1 Å². The molecule has 0 radical (unpaired) electrons. The molecule has 0 bridgehead atoms. The van der Waals surface area contributed by atoms with E-state index in [1.165, 1.54) is 47.3 Å². The molecule has 6 rings (SSSR count). The van der Waals surface area contributed by atoms with E-state index in [0.717, 1.165) is 10.4 Å². The van der Waals surface area contributed by atoms with Gasteiger partial charge in [0.15, 0.2) is 0 Å². The van der Waals surface area contributed by atoms with E-state index in [2.05, 4.69) is 157 Å². The number of nitrogens with one attached hydrogen (secondary N) is 2. The van der Waals surface area contributed by atoms with Gasteiger partial charge in [0.1, 0.15) is 32.7 Å². The summed E-state index contributed by atoms with van der Waals surface area (Å²) in [6.45, 7) is 13.2. The molecule has 0 aliphatic carbocycles. The molecule has 0 saturated carbocycles. The highest BCUT2D eigenvalue weighted by atomic mass is 79.9. The summed E-state index contributed by atoms with van der Waals surface area (Å²) in [5.41, 5.74) is 0.738. The second kappa shape index (κ2) is 22.4. The lowest BCUT2D eigenvalue weighted by molar-refractivity contribution is -0.118. The molecule has 0 aliphatic rings. The maximum atomic E-state index is 12.9. The molecule has 0 atom stereocenters. The monoisotopic (exact) mass is 1080 g/mol. The molecule has 0 saturated heterocycles. The SMILES string of the molecule is COC(=O)c1c(Br)csc1NC(=O)CO[Si](c1ccccc1)(c1ccccc1)C(C)(C)C.COC(=O)c1c(Br)csc1NC(=S)CO[Si](c1ccccc1)(c1ccccc1)C(C)(C)C. The molecule has 6 aromatic rings. The predicted molar refractivity (Wildman–Crippen MR) is 279 cm³/mol. The Morgan fingerprint density at radius 2 is 0.859 bits per heavy atom. The van der Waals surface area contributed by atoms with E-state index in [-0.39, 0.29) is 29.2 Å². The minimum absolute atomic E-state index is 0.136. The van der Waals surface area contributed by atoms with E-state index in [1.54, 1.807) is 5.38 Å². The number of anilines is 2. The van der Waals surface area contributed by atoms with Crippen molar-refractivity contribution >= 4 is 137 Å². The number of methoxy groups -OCH3 is 2. The highest BCUT2D eigenvalue weighted by molar-refractivity contribution is 9.11. The molecule has 336 valence electrons. The Morgan fingerprint density at radius 3 is 1.17 bits per heavy atom. The van der Waals surface area contributed by atoms with Crippen LogP contribution in [0.4, 0.5) is 10.0 Å². The summed E-state index contributed by atoms with van der Waals surface area (Å²) in [7, 11) is -2.84. The minimum Gasteiger partial charge on any atom is -0.465 e. The molecule has 0 fully saturated rings. The molecule has 2 N–H and O–H groups in total. The fourth-order valence-electron chi connectivity index (χ4n) is 7.64. The Labute approximate surface area is 408 Å². The third kappa shape index (κ3) is 11.5. The predicted octanol–water partition coefficient (Wildman–Crippen LogP) is 10.4. The molecular weight excluding hydrogens is 1030 g/mol. The first-order valence-corrected chi connectivity index (χ1v) is 27.8. The van der Waals surface area contributed by atoms with Crippen LogP contribution in [0.2, 0.25) is 10.1 Å². The van der Waals surface area contributed by atoms with Gasteiger partial charge in [-0.2, -0.15) is 0 Å². The second-order valence-electron chi connectivity index (χ2n) is 16.6. The van der Waals surface area contributed by atoms with Crippen LogP contribution in [0.15, 0.2) is 141 Å². The van der Waals surface area contributed by atoms with Crippen molar-refractivity contribution in [3.05, 3.63) is 152 Å². The van der Waals surface area contributed by atoms with E-state index in [4.69, 9.17) is 30.5 Å². The van der Waals surface area contributed by atoms with Gasteiger partial charge in [0.25, 0.3) is 16.6 Å². The van der Waals surface area contributed by atoms with Gasteiger partial charge in [0, 0.05) is 19.7 Å². The number of thiophene rings is 2. The third-order valence-corrected chi connectivity index (χ3v) is 24.3. The zero-order chi connectivity index (χ0) is 46.7. The van der Waals surface area contributed by atoms with Crippen LogP contribution >= 0.6 is 66.8 Å². The topological polar surface area (TPSA) is 112 Å². The number of amides is 1. The average Bonchev–Trinajstić information content (AvgIpc) is 3.84. The quantitative estimate of drug-likeness (QED) is 0.0626. The van der Waals surface area contributed by atoms with Gasteiger partial charge < -0.3 is 29.0 Å². The van der Waals surface area contributed by atoms with Gasteiger partial charge in [-0.1, -0.05) is 175 Å². The van der Waals surface area contributed by atoms with Crippen LogP contribution in [0.3, 0.4) is 0 Å². The van der Waals surface area contributed by atoms with Gasteiger partial charge >= 0.3 is 11.9 Å². The molecule has 64 heavy (non-hydrogen) atoms. The number of ether oxygens (including phenoxy) is 2. The molecule has 0 unspecified atom stereocenters. The number of thiocarbonyl (C=S) groups is 1. The first kappa shape index (κ1) is 50.9. The molecule has 0 aliphatic heterocycles. The highest BCUT2D eigenvalue weighted by Gasteiger charge is 2.51. The van der Waals surface area contributed by atoms with Crippen molar-refractivity contribution in [1.29, 1.82) is 0 Å². The number of benzene rings is 4. The van der Waals surface area contributed by atoms with Crippen molar-refractivity contribution in [2.24, 2.45) is 0 Å². The Kier molecular flexibility index (Phi) is 17.8. The summed E-state index contributed by atoms with van der Waals surface area (Å²) in [5.74, 6) is -1.25. The Balaban J connectivity index is 0.000000241. The summed E-state index contributed by atoms with van der Waals surface area (Å²) < 4.78 is 24.5. The standard InChI is InChI=1S/C24H26BrNO4SSi.C24H26BrNO3S2Si/c1-24(2,3)32(17-11-7-5-8-12-17,18-13-9-6-10-14-18)30-15-20(27)26-22-21(23(28)29-4)19(25)16-31-22;1-24(2,3)32(17-11-7-5-8-12-17,18-13-9-6-10-14-18)29-15-20(30)26-22-21(23(27)28-4)19(25)16-31-22/h5-14,16H,15H2,1-4H3,(H,26,27);5-14,16H,15H2,1-4H3,(H,26,30). The van der Waals surface area contributed by atoms with E-state index >= 15 is 0 Å². The largest absolute Gasteiger partial charge is 0.465 e. The number of carbonyl (C=O) groups excluding carboxylic acids is 3. The van der Waals surface area contributed by atoms with Crippen LogP contribution in [-0.2, 0) is 23.1 Å². The minimum atomic E-state index is -2.82. The average molecular weight is 1080 g/mol. The molecule has 16 heteroatoms. The van der Waals surface area contributed by atoms with E-state index in [0.29, 0.717) is 35.1 Å². The molecule has 9 nitrogen and oxygen atoms in total. The van der Waals surface area contributed by atoms with Crippen molar-refractivity contribution in [1.82, 2.24) is 0 Å². The summed E-state index contributed by atoms with van der Waals surface area (Å²) >= 11 is 15.0. The molecular formula is C48H52Br2N2O7S3Si2. The fourth-order valence-corrected chi connectivity index (χ4v) is 20.2. The van der Waals surface area contributed by atoms with Crippen molar-refractivity contribution < 1.29 is 32.7 Å². The number of halogens is 2. The molecule has 0 spiro atoms. The zero-order valence-electron chi connectivity index (χ0n) is 37.0. The van der Waals surface area contributed by atoms with Crippen LogP contribution in [-0.4, -0.2) is 66.9 Å². The molecule has 2 heterocycles. The Morgan fingerprint density at radius 1 is 0.547 bits per heavy atom. The Bertz CT molecular complexity index is 2260. The van der Waals surface area contributed by atoms with E-state index in [1.807, 2.05) is 53.9 Å². The van der Waals surface area contributed by atoms with E-state index < -0.39 is 28.6 Å². The van der Waals surface area contributed by atoms with Crippen LogP contribution < -0.4 is 31.4 Å². The number of hydrogen-bond donors (Lipinski definition) is 2. The Hall–Kier alpha value is -4.11. The summed E-state index contributed by atoms with van der Waals surface area (Å²) in [4.78, 5) is 37.7. The van der Waals surface area contributed by atoms with E-state index in [9.17, 15) is 14.4 Å². The normalized spacial score (nSPS) is 11.8. The second-order valence-corrected chi connectivity index (χ2v) is 29.1. The van der Waals surface area contributed by atoms with Gasteiger partial charge in [-0.3, -0.25) is 4.79 Å².